The molecule has 3 fully saturated rings. The minimum atomic E-state index is 0.156. The summed E-state index contributed by atoms with van der Waals surface area (Å²) in [5.74, 6) is 2.64. The smallest absolute Gasteiger partial charge is 0.191 e. The molecule has 3 heterocycles. The van der Waals surface area contributed by atoms with Gasteiger partial charge in [0.05, 0.1) is 6.10 Å². The van der Waals surface area contributed by atoms with Gasteiger partial charge in [0, 0.05) is 56.4 Å². The van der Waals surface area contributed by atoms with Crippen LogP contribution < -0.4 is 15.5 Å². The molecule has 0 spiro atoms. The normalized spacial score (nSPS) is 30.4. The molecule has 154 valence electrons. The molecule has 0 bridgehead atoms. The van der Waals surface area contributed by atoms with Crippen LogP contribution in [-0.2, 0) is 4.74 Å². The maximum atomic E-state index is 6.04. The van der Waals surface area contributed by atoms with E-state index in [1.54, 1.807) is 0 Å². The molecule has 4 rings (SSSR count). The number of anilines is 1. The van der Waals surface area contributed by atoms with E-state index < -0.39 is 0 Å². The van der Waals surface area contributed by atoms with Crippen LogP contribution in [0, 0.1) is 18.3 Å². The van der Waals surface area contributed by atoms with Gasteiger partial charge in [-0.2, -0.15) is 0 Å². The molecule has 3 atom stereocenters. The molecule has 0 radical (unpaired) electrons. The number of nitrogens with zero attached hydrogens (tertiary/aromatic N) is 3. The quantitative estimate of drug-likeness (QED) is 0.619. The van der Waals surface area contributed by atoms with Crippen molar-refractivity contribution in [1.82, 2.24) is 15.6 Å². The molecule has 2 saturated heterocycles. The molecule has 3 aliphatic rings. The molecule has 1 aromatic heterocycles. The number of ether oxygens (including phenoxy) is 1. The van der Waals surface area contributed by atoms with Crippen LogP contribution >= 0.6 is 0 Å². The molecule has 6 nitrogen and oxygen atoms in total. The van der Waals surface area contributed by atoms with E-state index in [1.165, 1.54) is 18.4 Å². The second-order valence-electron chi connectivity index (χ2n) is 9.21. The zero-order valence-electron chi connectivity index (χ0n) is 17.7. The summed E-state index contributed by atoms with van der Waals surface area (Å²) in [5.41, 5.74) is 1.36. The number of piperidine rings is 1. The number of fused-ring (bicyclic) bond motifs is 1. The Bertz CT molecular complexity index is 693. The Morgan fingerprint density at radius 2 is 2.00 bits per heavy atom. The number of aliphatic imine (C=N–C) groups is 1. The van der Waals surface area contributed by atoms with Crippen molar-refractivity contribution >= 4 is 11.8 Å². The van der Waals surface area contributed by atoms with Gasteiger partial charge in [-0.25, -0.2) is 4.98 Å². The summed E-state index contributed by atoms with van der Waals surface area (Å²) in [7, 11) is 1.88. The Morgan fingerprint density at radius 3 is 2.68 bits per heavy atom. The highest BCUT2D eigenvalue weighted by molar-refractivity contribution is 5.80. The summed E-state index contributed by atoms with van der Waals surface area (Å²) >= 11 is 0. The minimum Gasteiger partial charge on any atom is -0.377 e. The monoisotopic (exact) mass is 385 g/mol. The molecule has 2 aliphatic heterocycles. The van der Waals surface area contributed by atoms with Crippen LogP contribution in [0.5, 0.6) is 0 Å². The van der Waals surface area contributed by atoms with E-state index in [4.69, 9.17) is 4.74 Å². The first-order chi connectivity index (χ1) is 13.5. The second-order valence-corrected chi connectivity index (χ2v) is 9.21. The van der Waals surface area contributed by atoms with Gasteiger partial charge in [-0.1, -0.05) is 19.9 Å². The predicted octanol–water partition coefficient (Wildman–Crippen LogP) is 2.73. The highest BCUT2D eigenvalue weighted by Crippen LogP contribution is 2.51. The average Bonchev–Trinajstić information content (AvgIpc) is 2.72. The van der Waals surface area contributed by atoms with Gasteiger partial charge >= 0.3 is 0 Å². The van der Waals surface area contributed by atoms with E-state index in [9.17, 15) is 0 Å². The van der Waals surface area contributed by atoms with E-state index in [-0.39, 0.29) is 5.41 Å². The molecule has 1 saturated carbocycles. The molecule has 0 aromatic carbocycles. The van der Waals surface area contributed by atoms with E-state index in [0.29, 0.717) is 24.1 Å². The van der Waals surface area contributed by atoms with Gasteiger partial charge in [0.25, 0.3) is 0 Å². The number of hydrogen-bond acceptors (Lipinski definition) is 4. The van der Waals surface area contributed by atoms with Crippen molar-refractivity contribution in [2.75, 3.05) is 31.6 Å². The summed E-state index contributed by atoms with van der Waals surface area (Å²) in [6, 6.07) is 5.15. The Hall–Kier alpha value is -1.82. The largest absolute Gasteiger partial charge is 0.377 e. The van der Waals surface area contributed by atoms with Crippen LogP contribution in [0.25, 0.3) is 0 Å². The van der Waals surface area contributed by atoms with E-state index in [1.807, 2.05) is 13.2 Å². The van der Waals surface area contributed by atoms with Crippen molar-refractivity contribution in [3.8, 4) is 0 Å². The van der Waals surface area contributed by atoms with Crippen LogP contribution in [0.2, 0.25) is 0 Å². The SMILES string of the molecule is CN=C(NC1CCN(c2ccc(C)cn2)CC1)NC1C2CCCOC2C1(C)C. The van der Waals surface area contributed by atoms with Gasteiger partial charge in [0.2, 0.25) is 0 Å². The zero-order valence-corrected chi connectivity index (χ0v) is 17.7. The first-order valence-corrected chi connectivity index (χ1v) is 10.8. The van der Waals surface area contributed by atoms with Crippen molar-refractivity contribution in [3.63, 3.8) is 0 Å². The van der Waals surface area contributed by atoms with Gasteiger partial charge in [-0.3, -0.25) is 4.99 Å². The zero-order chi connectivity index (χ0) is 19.7. The molecule has 6 heteroatoms. The van der Waals surface area contributed by atoms with Crippen LogP contribution in [0.3, 0.4) is 0 Å². The van der Waals surface area contributed by atoms with Crippen molar-refractivity contribution in [2.45, 2.75) is 64.6 Å². The van der Waals surface area contributed by atoms with Crippen molar-refractivity contribution < 1.29 is 4.74 Å². The molecular formula is C22H35N5O. The lowest BCUT2D eigenvalue weighted by Gasteiger charge is -2.60. The average molecular weight is 386 g/mol. The third-order valence-electron chi connectivity index (χ3n) is 6.90. The number of rotatable bonds is 3. The highest BCUT2D eigenvalue weighted by atomic mass is 16.5. The van der Waals surface area contributed by atoms with Crippen LogP contribution in [-0.4, -0.2) is 55.9 Å². The fraction of sp³-hybridized carbons (Fsp3) is 0.727. The fourth-order valence-electron chi connectivity index (χ4n) is 5.23. The first-order valence-electron chi connectivity index (χ1n) is 10.8. The number of aryl methyl sites for hydroxylation is 1. The van der Waals surface area contributed by atoms with Crippen molar-refractivity contribution in [3.05, 3.63) is 23.9 Å². The maximum absolute atomic E-state index is 6.04. The standard InChI is InChI=1S/C22H35N5O/c1-15-7-8-18(24-14-15)27-11-9-16(10-12-27)25-21(23-4)26-19-17-6-5-13-28-20(17)22(19,2)3/h7-8,14,16-17,19-20H,5-6,9-13H2,1-4H3,(H2,23,25,26). The first kappa shape index (κ1) is 19.5. The summed E-state index contributed by atoms with van der Waals surface area (Å²) in [4.78, 5) is 11.5. The second kappa shape index (κ2) is 7.90. The summed E-state index contributed by atoms with van der Waals surface area (Å²) in [5, 5.41) is 7.39. The number of pyridine rings is 1. The van der Waals surface area contributed by atoms with Gasteiger partial charge in [-0.05, 0) is 44.2 Å². The fourth-order valence-corrected chi connectivity index (χ4v) is 5.23. The molecule has 3 unspecified atom stereocenters. The molecular weight excluding hydrogens is 350 g/mol. The molecule has 1 aromatic rings. The summed E-state index contributed by atoms with van der Waals surface area (Å²) in [6.45, 7) is 9.68. The van der Waals surface area contributed by atoms with E-state index in [0.717, 1.165) is 44.3 Å². The van der Waals surface area contributed by atoms with Crippen molar-refractivity contribution in [2.24, 2.45) is 16.3 Å². The van der Waals surface area contributed by atoms with Gasteiger partial charge in [0.15, 0.2) is 5.96 Å². The number of guanidine groups is 1. The highest BCUT2D eigenvalue weighted by Gasteiger charge is 2.58. The Balaban J connectivity index is 1.30. The topological polar surface area (TPSA) is 61.8 Å². The lowest BCUT2D eigenvalue weighted by atomic mass is 9.55. The Labute approximate surface area is 169 Å². The van der Waals surface area contributed by atoms with E-state index >= 15 is 0 Å². The number of aromatic nitrogens is 1. The number of nitrogens with one attached hydrogen (secondary N) is 2. The molecule has 2 N–H and O–H groups in total. The third-order valence-corrected chi connectivity index (χ3v) is 6.90. The Kier molecular flexibility index (Phi) is 5.50. The van der Waals surface area contributed by atoms with Gasteiger partial charge in [-0.15, -0.1) is 0 Å². The third kappa shape index (κ3) is 3.71. The minimum absolute atomic E-state index is 0.156. The summed E-state index contributed by atoms with van der Waals surface area (Å²) < 4.78 is 6.04. The lowest BCUT2D eigenvalue weighted by molar-refractivity contribution is -0.188. The van der Waals surface area contributed by atoms with Gasteiger partial charge in [0.1, 0.15) is 5.82 Å². The van der Waals surface area contributed by atoms with Crippen LogP contribution in [0.4, 0.5) is 5.82 Å². The van der Waals surface area contributed by atoms with E-state index in [2.05, 4.69) is 58.4 Å². The summed E-state index contributed by atoms with van der Waals surface area (Å²) in [6.07, 6.45) is 6.96. The van der Waals surface area contributed by atoms with Crippen molar-refractivity contribution in [1.29, 1.82) is 0 Å². The Morgan fingerprint density at radius 1 is 1.21 bits per heavy atom. The molecule has 28 heavy (non-hydrogen) atoms. The lowest BCUT2D eigenvalue weighted by Crippen LogP contribution is -2.71. The predicted molar refractivity (Wildman–Crippen MR) is 114 cm³/mol. The maximum Gasteiger partial charge on any atom is 0.191 e. The molecule has 0 amide bonds. The molecule has 1 aliphatic carbocycles. The number of hydrogen-bond donors (Lipinski definition) is 2. The van der Waals surface area contributed by atoms with Gasteiger partial charge < -0.3 is 20.3 Å². The van der Waals surface area contributed by atoms with Crippen LogP contribution in [0.15, 0.2) is 23.3 Å². The van der Waals surface area contributed by atoms with Crippen LogP contribution in [0.1, 0.15) is 45.1 Å².